The number of benzene rings is 1. The second-order valence-corrected chi connectivity index (χ2v) is 4.11. The molecule has 7 nitrogen and oxygen atoms in total. The Morgan fingerprint density at radius 3 is 2.68 bits per heavy atom. The lowest BCUT2D eigenvalue weighted by Gasteiger charge is -2.09. The van der Waals surface area contributed by atoms with Gasteiger partial charge < -0.3 is 24.8 Å². The highest BCUT2D eigenvalue weighted by molar-refractivity contribution is 5.92. The number of amides is 1. The van der Waals surface area contributed by atoms with Crippen LogP contribution in [0.2, 0.25) is 0 Å². The molecule has 8 heteroatoms. The lowest BCUT2D eigenvalue weighted by atomic mass is 10.3. The Morgan fingerprint density at radius 2 is 2.00 bits per heavy atom. The number of ether oxygens (including phenoxy) is 3. The van der Waals surface area contributed by atoms with Gasteiger partial charge in [0.1, 0.15) is 5.75 Å². The zero-order valence-electron chi connectivity index (χ0n) is 12.6. The molecule has 1 rings (SSSR count). The topological polar surface area (TPSA) is 85.9 Å². The fourth-order valence-electron chi connectivity index (χ4n) is 1.45. The van der Waals surface area contributed by atoms with E-state index in [0.717, 1.165) is 0 Å². The molecule has 0 aliphatic carbocycles. The number of carbonyl (C=O) groups excluding carboxylic acids is 2. The van der Waals surface area contributed by atoms with Gasteiger partial charge in [0.25, 0.3) is 0 Å². The summed E-state index contributed by atoms with van der Waals surface area (Å²) >= 11 is 0. The van der Waals surface area contributed by atoms with Crippen LogP contribution >= 0.6 is 12.4 Å². The van der Waals surface area contributed by atoms with Crippen LogP contribution in [-0.2, 0) is 19.1 Å². The quantitative estimate of drug-likeness (QED) is 0.515. The Morgan fingerprint density at radius 1 is 1.23 bits per heavy atom. The summed E-state index contributed by atoms with van der Waals surface area (Å²) in [6.07, 6.45) is 0. The fraction of sp³-hybridized carbons (Fsp3) is 0.429. The molecule has 0 unspecified atom stereocenters. The smallest absolute Gasteiger partial charge is 0.343 e. The zero-order chi connectivity index (χ0) is 15.5. The first-order valence-corrected chi connectivity index (χ1v) is 6.45. The predicted molar refractivity (Wildman–Crippen MR) is 84.6 cm³/mol. The molecule has 124 valence electrons. The Kier molecular flexibility index (Phi) is 10.8. The van der Waals surface area contributed by atoms with Crippen molar-refractivity contribution in [1.29, 1.82) is 0 Å². The molecule has 0 atom stereocenters. The Labute approximate surface area is 135 Å². The van der Waals surface area contributed by atoms with Gasteiger partial charge >= 0.3 is 5.97 Å². The number of esters is 1. The second-order valence-electron chi connectivity index (χ2n) is 4.11. The molecule has 1 amide bonds. The zero-order valence-corrected chi connectivity index (χ0v) is 13.4. The molecule has 22 heavy (non-hydrogen) atoms. The van der Waals surface area contributed by atoms with Gasteiger partial charge in [-0.1, -0.05) is 6.07 Å². The Bertz CT molecular complexity index is 470. The van der Waals surface area contributed by atoms with Gasteiger partial charge in [-0.25, -0.2) is 4.79 Å². The maximum atomic E-state index is 11.7. The van der Waals surface area contributed by atoms with Crippen LogP contribution in [0.4, 0.5) is 5.69 Å². The van der Waals surface area contributed by atoms with Crippen molar-refractivity contribution in [2.24, 2.45) is 0 Å². The molecular weight excluding hydrogens is 312 g/mol. The number of methoxy groups -OCH3 is 2. The summed E-state index contributed by atoms with van der Waals surface area (Å²) in [7, 11) is 2.89. The van der Waals surface area contributed by atoms with E-state index < -0.39 is 5.97 Å². The van der Waals surface area contributed by atoms with Gasteiger partial charge in [-0.3, -0.25) is 4.79 Å². The number of rotatable bonds is 9. The fourth-order valence-corrected chi connectivity index (χ4v) is 1.45. The van der Waals surface area contributed by atoms with Gasteiger partial charge in [0.2, 0.25) is 5.91 Å². The van der Waals surface area contributed by atoms with E-state index in [0.29, 0.717) is 24.6 Å². The number of halogens is 1. The first kappa shape index (κ1) is 20.2. The molecule has 0 aromatic heterocycles. The molecule has 0 aliphatic rings. The third-order valence-electron chi connectivity index (χ3n) is 2.47. The number of hydrogen-bond acceptors (Lipinski definition) is 6. The monoisotopic (exact) mass is 332 g/mol. The van der Waals surface area contributed by atoms with E-state index in [1.54, 1.807) is 31.4 Å². The molecule has 1 aromatic carbocycles. The van der Waals surface area contributed by atoms with Crippen LogP contribution in [0.25, 0.3) is 0 Å². The number of anilines is 1. The van der Waals surface area contributed by atoms with Gasteiger partial charge in [-0.2, -0.15) is 0 Å². The normalized spacial score (nSPS) is 9.55. The summed E-state index contributed by atoms with van der Waals surface area (Å²) in [5, 5.41) is 5.66. The van der Waals surface area contributed by atoms with Crippen molar-refractivity contribution in [3.05, 3.63) is 24.3 Å². The molecule has 0 heterocycles. The van der Waals surface area contributed by atoms with Crippen molar-refractivity contribution < 1.29 is 23.8 Å². The second kappa shape index (κ2) is 11.8. The van der Waals surface area contributed by atoms with Crippen LogP contribution in [0.5, 0.6) is 5.75 Å². The van der Waals surface area contributed by atoms with Gasteiger partial charge in [-0.15, -0.1) is 12.4 Å². The maximum Gasteiger partial charge on any atom is 0.343 e. The number of hydrogen-bond donors (Lipinski definition) is 2. The number of nitrogens with one attached hydrogen (secondary N) is 2. The summed E-state index contributed by atoms with van der Waals surface area (Å²) in [6.45, 7) is 1.17. The molecule has 0 spiro atoms. The van der Waals surface area contributed by atoms with Crippen molar-refractivity contribution in [2.45, 2.75) is 0 Å². The average molecular weight is 333 g/mol. The lowest BCUT2D eigenvalue weighted by molar-refractivity contribution is -0.142. The summed E-state index contributed by atoms with van der Waals surface area (Å²) < 4.78 is 14.6. The third-order valence-corrected chi connectivity index (χ3v) is 2.47. The Balaban J connectivity index is 0.00000441. The van der Waals surface area contributed by atoms with E-state index >= 15 is 0 Å². The summed E-state index contributed by atoms with van der Waals surface area (Å²) in [5.41, 5.74) is 0.593. The highest BCUT2D eigenvalue weighted by Gasteiger charge is 2.05. The summed E-state index contributed by atoms with van der Waals surface area (Å²) in [5.74, 6) is -0.159. The minimum atomic E-state index is -0.466. The molecule has 0 radical (unpaired) electrons. The van der Waals surface area contributed by atoms with Gasteiger partial charge in [0, 0.05) is 25.4 Å². The van der Waals surface area contributed by atoms with E-state index in [1.807, 2.05) is 0 Å². The summed E-state index contributed by atoms with van der Waals surface area (Å²) in [6, 6.07) is 6.78. The van der Waals surface area contributed by atoms with E-state index in [-0.39, 0.29) is 31.5 Å². The van der Waals surface area contributed by atoms with Crippen molar-refractivity contribution in [3.8, 4) is 5.75 Å². The van der Waals surface area contributed by atoms with Gasteiger partial charge in [-0.05, 0) is 12.1 Å². The predicted octanol–water partition coefficient (Wildman–Crippen LogP) is 0.835. The average Bonchev–Trinajstić information content (AvgIpc) is 2.49. The van der Waals surface area contributed by atoms with Crippen LogP contribution in [0.3, 0.4) is 0 Å². The molecule has 1 aromatic rings. The van der Waals surface area contributed by atoms with E-state index in [9.17, 15) is 9.59 Å². The number of carbonyl (C=O) groups is 2. The minimum absolute atomic E-state index is 0. The van der Waals surface area contributed by atoms with Crippen molar-refractivity contribution in [2.75, 3.05) is 45.8 Å². The largest absolute Gasteiger partial charge is 0.482 e. The van der Waals surface area contributed by atoms with Gasteiger partial charge in [0.15, 0.2) is 6.61 Å². The van der Waals surface area contributed by atoms with Gasteiger partial charge in [0.05, 0.1) is 20.3 Å². The molecule has 0 saturated carbocycles. The first-order chi connectivity index (χ1) is 10.2. The third kappa shape index (κ3) is 8.46. The molecule has 0 saturated heterocycles. The Hall–Kier alpha value is -1.83. The van der Waals surface area contributed by atoms with Crippen LogP contribution in [0.15, 0.2) is 24.3 Å². The van der Waals surface area contributed by atoms with Crippen LogP contribution in [0, 0.1) is 0 Å². The minimum Gasteiger partial charge on any atom is -0.482 e. The van der Waals surface area contributed by atoms with Crippen molar-refractivity contribution >= 4 is 30.0 Å². The lowest BCUT2D eigenvalue weighted by Crippen LogP contribution is -2.30. The standard InChI is InChI=1S/C14H20N2O5.ClH/c1-19-7-6-15-9-13(17)16-11-4-3-5-12(8-11)21-10-14(18)20-2;/h3-5,8,15H,6-7,9-10H2,1-2H3,(H,16,17);1H. The summed E-state index contributed by atoms with van der Waals surface area (Å²) in [4.78, 5) is 22.7. The van der Waals surface area contributed by atoms with Crippen LogP contribution in [-0.4, -0.2) is 52.4 Å². The van der Waals surface area contributed by atoms with E-state index in [1.165, 1.54) is 7.11 Å². The maximum absolute atomic E-state index is 11.7. The van der Waals surface area contributed by atoms with Crippen molar-refractivity contribution in [1.82, 2.24) is 5.32 Å². The molecular formula is C14H21ClN2O5. The molecule has 2 N–H and O–H groups in total. The van der Waals surface area contributed by atoms with Crippen LogP contribution < -0.4 is 15.4 Å². The van der Waals surface area contributed by atoms with Crippen molar-refractivity contribution in [3.63, 3.8) is 0 Å². The van der Waals surface area contributed by atoms with Crippen LogP contribution in [0.1, 0.15) is 0 Å². The molecule has 0 bridgehead atoms. The first-order valence-electron chi connectivity index (χ1n) is 6.45. The van der Waals surface area contributed by atoms with E-state index in [2.05, 4.69) is 15.4 Å². The molecule has 0 aliphatic heterocycles. The highest BCUT2D eigenvalue weighted by Crippen LogP contribution is 2.17. The van der Waals surface area contributed by atoms with E-state index in [4.69, 9.17) is 9.47 Å². The highest BCUT2D eigenvalue weighted by atomic mass is 35.5. The molecule has 0 fully saturated rings. The SMILES string of the molecule is COCCNCC(=O)Nc1cccc(OCC(=O)OC)c1.Cl.